The minimum Gasteiger partial charge on any atom is -0.323 e. The molecule has 0 radical (unpaired) electrons. The number of halogens is 1. The fraction of sp³-hybridized carbons (Fsp3) is 0.333. The van der Waals surface area contributed by atoms with Crippen LogP contribution >= 0.6 is 11.6 Å². The van der Waals surface area contributed by atoms with Crippen molar-refractivity contribution >= 4 is 27.5 Å². The van der Waals surface area contributed by atoms with Crippen molar-refractivity contribution in [2.45, 2.75) is 30.7 Å². The van der Waals surface area contributed by atoms with E-state index in [-0.39, 0.29) is 16.0 Å². The lowest BCUT2D eigenvalue weighted by Gasteiger charge is -2.17. The Bertz CT molecular complexity index is 826. The van der Waals surface area contributed by atoms with Crippen molar-refractivity contribution in [3.05, 3.63) is 41.0 Å². The molecule has 6 nitrogen and oxygen atoms in total. The fourth-order valence-corrected chi connectivity index (χ4v) is 3.84. The number of sulfone groups is 1. The van der Waals surface area contributed by atoms with Crippen molar-refractivity contribution in [1.29, 1.82) is 0 Å². The Kier molecular flexibility index (Phi) is 5.11. The quantitative estimate of drug-likeness (QED) is 0.845. The molecule has 0 bridgehead atoms. The van der Waals surface area contributed by atoms with Gasteiger partial charge in [-0.15, -0.1) is 0 Å². The largest absolute Gasteiger partial charge is 0.344 e. The van der Waals surface area contributed by atoms with E-state index in [9.17, 15) is 13.2 Å². The molecule has 0 aliphatic rings. The Hall–Kier alpha value is -1.86. The first-order chi connectivity index (χ1) is 10.8. The van der Waals surface area contributed by atoms with Gasteiger partial charge in [0.2, 0.25) is 9.84 Å². The lowest BCUT2D eigenvalue weighted by Crippen LogP contribution is -2.34. The number of carbonyl (C=O) groups is 1. The maximum atomic E-state index is 12.7. The number of aromatic nitrogens is 2. The summed E-state index contributed by atoms with van der Waals surface area (Å²) < 4.78 is 26.4. The van der Waals surface area contributed by atoms with Gasteiger partial charge in [-0.1, -0.05) is 11.6 Å². The highest BCUT2D eigenvalue weighted by Crippen LogP contribution is 2.25. The molecule has 23 heavy (non-hydrogen) atoms. The number of rotatable bonds is 4. The first-order valence-electron chi connectivity index (χ1n) is 7.17. The number of carbonyl (C=O) groups excluding carboxylic acids is 1. The molecule has 2 rings (SSSR count). The van der Waals surface area contributed by atoms with E-state index in [1.807, 2.05) is 13.8 Å². The molecule has 0 unspecified atom stereocenters. The molecule has 0 fully saturated rings. The minimum atomic E-state index is -3.80. The second kappa shape index (κ2) is 6.72. The molecule has 0 saturated carbocycles. The summed E-state index contributed by atoms with van der Waals surface area (Å²) in [5.74, 6) is 0. The summed E-state index contributed by atoms with van der Waals surface area (Å²) >= 11 is 5.86. The highest BCUT2D eigenvalue weighted by atomic mass is 35.5. The Balaban J connectivity index is 2.41. The first kappa shape index (κ1) is 17.5. The van der Waals surface area contributed by atoms with Gasteiger partial charge in [0.25, 0.3) is 0 Å². The third-order valence-corrected chi connectivity index (χ3v) is 5.54. The first-order valence-corrected chi connectivity index (χ1v) is 9.03. The summed E-state index contributed by atoms with van der Waals surface area (Å²) in [6.07, 6.45) is 1.36. The Morgan fingerprint density at radius 3 is 2.48 bits per heavy atom. The number of amides is 1. The van der Waals surface area contributed by atoms with Gasteiger partial charge in [-0.3, -0.25) is 0 Å². The van der Waals surface area contributed by atoms with Gasteiger partial charge in [0.1, 0.15) is 0 Å². The molecule has 0 aliphatic carbocycles. The topological polar surface area (TPSA) is 72.3 Å². The van der Waals surface area contributed by atoms with Crippen LogP contribution in [0.4, 0.5) is 4.79 Å². The molecule has 124 valence electrons. The summed E-state index contributed by atoms with van der Waals surface area (Å²) in [5, 5.41) is 4.24. The van der Waals surface area contributed by atoms with Crippen LogP contribution in [0.25, 0.3) is 0 Å². The number of hydrogen-bond donors (Lipinski definition) is 0. The van der Waals surface area contributed by atoms with Crippen LogP contribution in [0.2, 0.25) is 5.02 Å². The van der Waals surface area contributed by atoms with E-state index < -0.39 is 9.84 Å². The molecule has 0 saturated heterocycles. The van der Waals surface area contributed by atoms with E-state index in [1.54, 1.807) is 17.9 Å². The summed E-state index contributed by atoms with van der Waals surface area (Å²) in [4.78, 5) is 13.9. The van der Waals surface area contributed by atoms with E-state index in [0.29, 0.717) is 23.7 Å². The molecule has 1 aromatic carbocycles. The van der Waals surface area contributed by atoms with Gasteiger partial charge in [-0.05, 0) is 50.6 Å². The van der Waals surface area contributed by atoms with Gasteiger partial charge in [0.05, 0.1) is 4.90 Å². The molecule has 0 aliphatic heterocycles. The Morgan fingerprint density at radius 2 is 1.91 bits per heavy atom. The third-order valence-electron chi connectivity index (χ3n) is 3.50. The van der Waals surface area contributed by atoms with Crippen LogP contribution in [0.5, 0.6) is 0 Å². The molecular formula is C15H18ClN3O3S. The predicted molar refractivity (Wildman–Crippen MR) is 87.6 cm³/mol. The number of hydrogen-bond acceptors (Lipinski definition) is 4. The molecule has 1 aromatic heterocycles. The average molecular weight is 356 g/mol. The zero-order valence-electron chi connectivity index (χ0n) is 13.2. The molecule has 0 atom stereocenters. The second-order valence-electron chi connectivity index (χ2n) is 4.97. The zero-order valence-corrected chi connectivity index (χ0v) is 14.7. The minimum absolute atomic E-state index is 0.127. The van der Waals surface area contributed by atoms with Gasteiger partial charge < -0.3 is 4.90 Å². The molecular weight excluding hydrogens is 338 g/mol. The van der Waals surface area contributed by atoms with E-state index in [1.165, 1.54) is 24.4 Å². The van der Waals surface area contributed by atoms with Crippen molar-refractivity contribution < 1.29 is 13.2 Å². The van der Waals surface area contributed by atoms with Crippen LogP contribution in [0.1, 0.15) is 19.4 Å². The smallest absolute Gasteiger partial charge is 0.323 e. The Labute approximate surface area is 140 Å². The van der Waals surface area contributed by atoms with E-state index in [2.05, 4.69) is 5.10 Å². The summed E-state index contributed by atoms with van der Waals surface area (Å²) in [7, 11) is -3.80. The Morgan fingerprint density at radius 1 is 1.26 bits per heavy atom. The van der Waals surface area contributed by atoms with Gasteiger partial charge in [0, 0.05) is 24.3 Å². The third kappa shape index (κ3) is 3.40. The van der Waals surface area contributed by atoms with Crippen LogP contribution < -0.4 is 0 Å². The predicted octanol–water partition coefficient (Wildman–Crippen LogP) is 2.99. The molecule has 8 heteroatoms. The zero-order chi connectivity index (χ0) is 17.2. The molecule has 0 spiro atoms. The van der Waals surface area contributed by atoms with Crippen molar-refractivity contribution in [3.63, 3.8) is 0 Å². The van der Waals surface area contributed by atoms with Crippen molar-refractivity contribution in [1.82, 2.24) is 14.7 Å². The average Bonchev–Trinajstić information content (AvgIpc) is 2.98. The van der Waals surface area contributed by atoms with Crippen LogP contribution in [-0.2, 0) is 9.84 Å². The monoisotopic (exact) mass is 355 g/mol. The van der Waals surface area contributed by atoms with Gasteiger partial charge in [0.15, 0.2) is 5.03 Å². The number of nitrogens with zero attached hydrogens (tertiary/aromatic N) is 3. The van der Waals surface area contributed by atoms with Gasteiger partial charge in [-0.2, -0.15) is 9.78 Å². The van der Waals surface area contributed by atoms with Crippen molar-refractivity contribution in [3.8, 4) is 0 Å². The van der Waals surface area contributed by atoms with E-state index in [4.69, 9.17) is 11.6 Å². The van der Waals surface area contributed by atoms with Crippen molar-refractivity contribution in [2.24, 2.45) is 0 Å². The SMILES string of the molecule is CCN(CC)C(=O)n1ccc(S(=O)(=O)c2ccc(Cl)cc2C)n1. The van der Waals surface area contributed by atoms with Crippen LogP contribution in [0.3, 0.4) is 0 Å². The highest BCUT2D eigenvalue weighted by molar-refractivity contribution is 7.91. The second-order valence-corrected chi connectivity index (χ2v) is 7.27. The maximum Gasteiger partial charge on any atom is 0.344 e. The number of aryl methyl sites for hydroxylation is 1. The lowest BCUT2D eigenvalue weighted by molar-refractivity contribution is 0.201. The van der Waals surface area contributed by atoms with Gasteiger partial charge >= 0.3 is 6.03 Å². The van der Waals surface area contributed by atoms with Gasteiger partial charge in [-0.25, -0.2) is 13.2 Å². The molecule has 2 aromatic rings. The maximum absolute atomic E-state index is 12.7. The van der Waals surface area contributed by atoms with E-state index >= 15 is 0 Å². The molecule has 1 heterocycles. The molecule has 1 amide bonds. The lowest BCUT2D eigenvalue weighted by atomic mass is 10.2. The van der Waals surface area contributed by atoms with E-state index in [0.717, 1.165) is 4.68 Å². The normalized spacial score (nSPS) is 11.5. The summed E-state index contributed by atoms with van der Waals surface area (Å²) in [5.41, 5.74) is 0.530. The van der Waals surface area contributed by atoms with Crippen LogP contribution in [-0.4, -0.2) is 42.2 Å². The molecule has 0 N–H and O–H groups in total. The van der Waals surface area contributed by atoms with Crippen LogP contribution in [0.15, 0.2) is 40.4 Å². The van der Waals surface area contributed by atoms with Crippen molar-refractivity contribution in [2.75, 3.05) is 13.1 Å². The standard InChI is InChI=1S/C15H18ClN3O3S/c1-4-18(5-2)15(20)19-9-8-14(17-19)23(21,22)13-7-6-12(16)10-11(13)3/h6-10H,4-5H2,1-3H3. The summed E-state index contributed by atoms with van der Waals surface area (Å²) in [6, 6.07) is 5.50. The fourth-order valence-electron chi connectivity index (χ4n) is 2.22. The summed E-state index contributed by atoms with van der Waals surface area (Å²) in [6.45, 7) is 6.40. The number of benzene rings is 1. The van der Waals surface area contributed by atoms with Crippen LogP contribution in [0, 0.1) is 6.92 Å². The highest BCUT2D eigenvalue weighted by Gasteiger charge is 2.24.